The molecule has 0 amide bonds. The molecule has 0 rings (SSSR count). The zero-order valence-corrected chi connectivity index (χ0v) is 9.17. The minimum atomic E-state index is -0.711. The van der Waals surface area contributed by atoms with Crippen molar-refractivity contribution in [1.29, 1.82) is 0 Å². The van der Waals surface area contributed by atoms with Gasteiger partial charge < -0.3 is 5.11 Å². The van der Waals surface area contributed by atoms with E-state index in [0.717, 1.165) is 6.42 Å². The molecule has 0 atom stereocenters. The average Bonchev–Trinajstić information content (AvgIpc) is 2.15. The fourth-order valence-electron chi connectivity index (χ4n) is 1.31. The minimum absolute atomic E-state index is 0.256. The molecule has 0 aliphatic rings. The predicted molar refractivity (Wildman–Crippen MR) is 59.4 cm³/mol. The molecule has 0 heterocycles. The zero-order valence-electron chi connectivity index (χ0n) is 9.17. The van der Waals surface area contributed by atoms with Crippen LogP contribution in [0.4, 0.5) is 0 Å². The summed E-state index contributed by atoms with van der Waals surface area (Å²) in [7, 11) is 0. The molecule has 0 fully saturated rings. The predicted octanol–water partition coefficient (Wildman–Crippen LogP) is 3.77. The van der Waals surface area contributed by atoms with Gasteiger partial charge in [0.15, 0.2) is 0 Å². The highest BCUT2D eigenvalue weighted by Crippen LogP contribution is 2.05. The van der Waals surface area contributed by atoms with E-state index in [1.54, 1.807) is 0 Å². The van der Waals surface area contributed by atoms with Gasteiger partial charge in [0.1, 0.15) is 0 Å². The van der Waals surface area contributed by atoms with Gasteiger partial charge in [-0.2, -0.15) is 0 Å². The van der Waals surface area contributed by atoms with Crippen LogP contribution in [0.5, 0.6) is 0 Å². The highest BCUT2D eigenvalue weighted by Gasteiger charge is 1.91. The van der Waals surface area contributed by atoms with Gasteiger partial charge in [-0.3, -0.25) is 4.79 Å². The molecule has 0 unspecified atom stereocenters. The lowest BCUT2D eigenvalue weighted by molar-refractivity contribution is -0.136. The number of hydrogen-bond acceptors (Lipinski definition) is 1. The van der Waals surface area contributed by atoms with Crippen LogP contribution >= 0.6 is 0 Å². The summed E-state index contributed by atoms with van der Waals surface area (Å²) in [5.41, 5.74) is 0. The number of hydrogen-bond donors (Lipinski definition) is 1. The molecule has 0 aromatic carbocycles. The topological polar surface area (TPSA) is 37.3 Å². The number of rotatable bonds is 9. The third-order valence-corrected chi connectivity index (χ3v) is 2.17. The number of carboxylic acid groups (broad SMARTS) is 1. The lowest BCUT2D eigenvalue weighted by Gasteiger charge is -1.95. The first-order chi connectivity index (χ1) is 6.77. The average molecular weight is 198 g/mol. The van der Waals surface area contributed by atoms with Crippen LogP contribution in [-0.2, 0) is 4.79 Å². The molecule has 14 heavy (non-hydrogen) atoms. The molecule has 0 saturated heterocycles. The third-order valence-electron chi connectivity index (χ3n) is 2.17. The summed E-state index contributed by atoms with van der Waals surface area (Å²) >= 11 is 0. The molecule has 1 N–H and O–H groups in total. The van der Waals surface area contributed by atoms with E-state index in [0.29, 0.717) is 6.42 Å². The highest BCUT2D eigenvalue weighted by atomic mass is 16.4. The Kier molecular flexibility index (Phi) is 9.71. The molecule has 0 aromatic heterocycles. The van der Waals surface area contributed by atoms with Crippen LogP contribution in [0.3, 0.4) is 0 Å². The lowest BCUT2D eigenvalue weighted by atomic mass is 10.1. The van der Waals surface area contributed by atoms with E-state index in [4.69, 9.17) is 5.11 Å². The van der Waals surface area contributed by atoms with Crippen molar-refractivity contribution in [1.82, 2.24) is 0 Å². The van der Waals surface area contributed by atoms with Crippen LogP contribution in [0.1, 0.15) is 58.3 Å². The van der Waals surface area contributed by atoms with E-state index in [9.17, 15) is 4.79 Å². The standard InChI is InChI=1S/C12H22O2/c1-2-3-4-5-6-7-8-9-10-11-12(13)14/h8-9H,2-7,10-11H2,1H3,(H,13,14)/b9-8+. The number of aliphatic carboxylic acids is 1. The van der Waals surface area contributed by atoms with Crippen LogP contribution in [0.25, 0.3) is 0 Å². The fraction of sp³-hybridized carbons (Fsp3) is 0.750. The van der Waals surface area contributed by atoms with Crippen LogP contribution in [0.15, 0.2) is 12.2 Å². The molecule has 0 radical (unpaired) electrons. The van der Waals surface area contributed by atoms with E-state index in [1.807, 2.05) is 6.08 Å². The van der Waals surface area contributed by atoms with Crippen molar-refractivity contribution in [3.05, 3.63) is 12.2 Å². The van der Waals surface area contributed by atoms with Crippen LogP contribution in [0, 0.1) is 0 Å². The summed E-state index contributed by atoms with van der Waals surface area (Å²) in [5, 5.41) is 8.38. The number of unbranched alkanes of at least 4 members (excludes halogenated alkanes) is 5. The monoisotopic (exact) mass is 198 g/mol. The van der Waals surface area contributed by atoms with Crippen LogP contribution < -0.4 is 0 Å². The summed E-state index contributed by atoms with van der Waals surface area (Å²) < 4.78 is 0. The smallest absolute Gasteiger partial charge is 0.303 e. The van der Waals surface area contributed by atoms with Gasteiger partial charge in [-0.1, -0.05) is 44.8 Å². The molecule has 0 aliphatic heterocycles. The molecule has 0 spiro atoms. The second-order valence-corrected chi connectivity index (χ2v) is 3.61. The van der Waals surface area contributed by atoms with E-state index >= 15 is 0 Å². The largest absolute Gasteiger partial charge is 0.481 e. The van der Waals surface area contributed by atoms with E-state index in [-0.39, 0.29) is 6.42 Å². The third kappa shape index (κ3) is 11.2. The number of carbonyl (C=O) groups is 1. The van der Waals surface area contributed by atoms with Crippen molar-refractivity contribution in [2.75, 3.05) is 0 Å². The van der Waals surface area contributed by atoms with Crippen molar-refractivity contribution in [3.8, 4) is 0 Å². The molecule has 2 nitrogen and oxygen atoms in total. The van der Waals surface area contributed by atoms with Gasteiger partial charge in [-0.25, -0.2) is 0 Å². The Morgan fingerprint density at radius 2 is 1.71 bits per heavy atom. The Hall–Kier alpha value is -0.790. The van der Waals surface area contributed by atoms with E-state index in [2.05, 4.69) is 13.0 Å². The van der Waals surface area contributed by atoms with Crippen molar-refractivity contribution in [3.63, 3.8) is 0 Å². The maximum absolute atomic E-state index is 10.2. The SMILES string of the molecule is CCCCCCC/C=C/CCC(=O)O. The molecule has 2 heteroatoms. The second-order valence-electron chi connectivity index (χ2n) is 3.61. The van der Waals surface area contributed by atoms with Crippen molar-refractivity contribution in [2.24, 2.45) is 0 Å². The Labute approximate surface area is 87.0 Å². The molecule has 82 valence electrons. The maximum atomic E-state index is 10.2. The second kappa shape index (κ2) is 10.3. The van der Waals surface area contributed by atoms with E-state index in [1.165, 1.54) is 32.1 Å². The van der Waals surface area contributed by atoms with Gasteiger partial charge in [0.05, 0.1) is 0 Å². The Bertz CT molecular complexity index is 162. The van der Waals surface area contributed by atoms with Gasteiger partial charge in [-0.15, -0.1) is 0 Å². The molecular weight excluding hydrogens is 176 g/mol. The van der Waals surface area contributed by atoms with Gasteiger partial charge in [0, 0.05) is 6.42 Å². The first kappa shape index (κ1) is 13.2. The first-order valence-corrected chi connectivity index (χ1v) is 5.64. The molecule has 0 bridgehead atoms. The van der Waals surface area contributed by atoms with Crippen molar-refractivity contribution < 1.29 is 9.90 Å². The molecule has 0 saturated carbocycles. The summed E-state index contributed by atoms with van der Waals surface area (Å²) in [6.45, 7) is 2.21. The highest BCUT2D eigenvalue weighted by molar-refractivity contribution is 5.66. The zero-order chi connectivity index (χ0) is 10.6. The van der Waals surface area contributed by atoms with Crippen LogP contribution in [-0.4, -0.2) is 11.1 Å². The van der Waals surface area contributed by atoms with Gasteiger partial charge in [0.25, 0.3) is 0 Å². The first-order valence-electron chi connectivity index (χ1n) is 5.64. The lowest BCUT2D eigenvalue weighted by Crippen LogP contribution is -1.91. The normalized spacial score (nSPS) is 10.9. The molecule has 0 aliphatic carbocycles. The summed E-state index contributed by atoms with van der Waals surface area (Å²) in [6, 6.07) is 0. The Balaban J connectivity index is 3.07. The fourth-order valence-corrected chi connectivity index (χ4v) is 1.31. The van der Waals surface area contributed by atoms with E-state index < -0.39 is 5.97 Å². The summed E-state index contributed by atoms with van der Waals surface area (Å²) in [5.74, 6) is -0.711. The van der Waals surface area contributed by atoms with Crippen molar-refractivity contribution >= 4 is 5.97 Å². The van der Waals surface area contributed by atoms with Crippen molar-refractivity contribution in [2.45, 2.75) is 58.3 Å². The Morgan fingerprint density at radius 3 is 2.36 bits per heavy atom. The van der Waals surface area contributed by atoms with Crippen LogP contribution in [0.2, 0.25) is 0 Å². The quantitative estimate of drug-likeness (QED) is 0.452. The van der Waals surface area contributed by atoms with Gasteiger partial charge in [0.2, 0.25) is 0 Å². The minimum Gasteiger partial charge on any atom is -0.481 e. The van der Waals surface area contributed by atoms with Gasteiger partial charge in [-0.05, 0) is 19.3 Å². The molecule has 0 aromatic rings. The summed E-state index contributed by atoms with van der Waals surface area (Å²) in [6.07, 6.45) is 12.6. The Morgan fingerprint density at radius 1 is 1.07 bits per heavy atom. The maximum Gasteiger partial charge on any atom is 0.303 e. The van der Waals surface area contributed by atoms with Gasteiger partial charge >= 0.3 is 5.97 Å². The summed E-state index contributed by atoms with van der Waals surface area (Å²) in [4.78, 5) is 10.2. The number of allylic oxidation sites excluding steroid dienone is 2. The molecular formula is C12H22O2. The number of carboxylic acids is 1.